The van der Waals surface area contributed by atoms with Crippen LogP contribution in [0, 0.1) is 5.82 Å². The first kappa shape index (κ1) is 17.5. The number of nitrogens with zero attached hydrogens (tertiary/aromatic N) is 3. The van der Waals surface area contributed by atoms with Gasteiger partial charge in [0.05, 0.1) is 12.2 Å². The number of carbonyl (C=O) groups excluding carboxylic acids is 1. The number of hydrogen-bond acceptors (Lipinski definition) is 4. The average Bonchev–Trinajstić information content (AvgIpc) is 2.88. The zero-order valence-corrected chi connectivity index (χ0v) is 13.9. The van der Waals surface area contributed by atoms with E-state index in [1.165, 1.54) is 23.9 Å². The second-order valence-electron chi connectivity index (χ2n) is 5.63. The normalized spacial score (nSPS) is 11.9. The first-order valence-electron chi connectivity index (χ1n) is 7.25. The van der Waals surface area contributed by atoms with Gasteiger partial charge in [-0.3, -0.25) is 9.48 Å². The summed E-state index contributed by atoms with van der Waals surface area (Å²) >= 11 is 0. The van der Waals surface area contributed by atoms with Crippen molar-refractivity contribution in [2.45, 2.75) is 13.0 Å². The molecule has 1 aromatic carbocycles. The Hall–Kier alpha value is -2.90. The highest BCUT2D eigenvalue weighted by Crippen LogP contribution is 2.26. The van der Waals surface area contributed by atoms with Crippen LogP contribution in [-0.4, -0.2) is 40.9 Å². The molecule has 1 aromatic heterocycles. The Morgan fingerprint density at radius 1 is 1.38 bits per heavy atom. The van der Waals surface area contributed by atoms with Crippen LogP contribution in [0.5, 0.6) is 0 Å². The second kappa shape index (κ2) is 6.69. The SMILES string of the molecule is CC(NC(=O)c1c(C(=O)O)cnn1C)c1cc(F)ccc1N(C)C. The summed E-state index contributed by atoms with van der Waals surface area (Å²) in [6.07, 6.45) is 1.12. The van der Waals surface area contributed by atoms with Gasteiger partial charge in [-0.2, -0.15) is 5.10 Å². The number of hydrogen-bond donors (Lipinski definition) is 2. The Morgan fingerprint density at radius 2 is 2.04 bits per heavy atom. The Bertz CT molecular complexity index is 786. The molecule has 0 aliphatic heterocycles. The molecule has 0 aliphatic rings. The van der Waals surface area contributed by atoms with Crippen molar-refractivity contribution >= 4 is 17.6 Å². The van der Waals surface area contributed by atoms with E-state index in [0.717, 1.165) is 11.9 Å². The minimum absolute atomic E-state index is 0.0582. The van der Waals surface area contributed by atoms with Crippen molar-refractivity contribution in [2.75, 3.05) is 19.0 Å². The maximum Gasteiger partial charge on any atom is 0.339 e. The number of rotatable bonds is 5. The summed E-state index contributed by atoms with van der Waals surface area (Å²) in [7, 11) is 5.11. The summed E-state index contributed by atoms with van der Waals surface area (Å²) in [5, 5.41) is 15.6. The standard InChI is InChI=1S/C16H19FN4O3/c1-9(11-7-10(17)5-6-13(11)20(2)3)19-15(22)14-12(16(23)24)8-18-21(14)4/h5-9H,1-4H3,(H,19,22)(H,23,24). The van der Waals surface area contributed by atoms with Gasteiger partial charge in [0, 0.05) is 32.4 Å². The number of amides is 1. The Balaban J connectivity index is 2.32. The largest absolute Gasteiger partial charge is 0.478 e. The van der Waals surface area contributed by atoms with Crippen LogP contribution in [0.4, 0.5) is 10.1 Å². The third-order valence-electron chi connectivity index (χ3n) is 3.67. The van der Waals surface area contributed by atoms with Crippen LogP contribution in [0.1, 0.15) is 39.4 Å². The number of carboxylic acid groups (broad SMARTS) is 1. The quantitative estimate of drug-likeness (QED) is 0.871. The highest BCUT2D eigenvalue weighted by molar-refractivity contribution is 6.03. The lowest BCUT2D eigenvalue weighted by atomic mass is 10.0. The summed E-state index contributed by atoms with van der Waals surface area (Å²) < 4.78 is 14.8. The predicted molar refractivity (Wildman–Crippen MR) is 86.8 cm³/mol. The molecule has 0 bridgehead atoms. The summed E-state index contributed by atoms with van der Waals surface area (Å²) in [5.41, 5.74) is 1.10. The number of carbonyl (C=O) groups is 2. The minimum atomic E-state index is -1.24. The lowest BCUT2D eigenvalue weighted by Gasteiger charge is -2.22. The van der Waals surface area contributed by atoms with Gasteiger partial charge in [-0.05, 0) is 25.1 Å². The van der Waals surface area contributed by atoms with E-state index in [-0.39, 0.29) is 11.3 Å². The van der Waals surface area contributed by atoms with Crippen LogP contribution < -0.4 is 10.2 Å². The number of aromatic nitrogens is 2. The van der Waals surface area contributed by atoms with E-state index in [4.69, 9.17) is 5.11 Å². The highest BCUT2D eigenvalue weighted by Gasteiger charge is 2.24. The summed E-state index contributed by atoms with van der Waals surface area (Å²) in [6, 6.07) is 3.79. The van der Waals surface area contributed by atoms with E-state index in [9.17, 15) is 14.0 Å². The van der Waals surface area contributed by atoms with E-state index in [2.05, 4.69) is 10.4 Å². The molecular weight excluding hydrogens is 315 g/mol. The molecule has 7 nitrogen and oxygen atoms in total. The van der Waals surface area contributed by atoms with Crippen LogP contribution in [0.15, 0.2) is 24.4 Å². The van der Waals surface area contributed by atoms with Crippen LogP contribution in [0.25, 0.3) is 0 Å². The van der Waals surface area contributed by atoms with Gasteiger partial charge in [0.15, 0.2) is 0 Å². The Labute approximate surface area is 138 Å². The third kappa shape index (κ3) is 3.37. The highest BCUT2D eigenvalue weighted by atomic mass is 19.1. The molecule has 0 saturated carbocycles. The summed E-state index contributed by atoms with van der Waals surface area (Å²) in [5.74, 6) is -2.24. The zero-order chi connectivity index (χ0) is 18.0. The lowest BCUT2D eigenvalue weighted by Crippen LogP contribution is -2.30. The fourth-order valence-corrected chi connectivity index (χ4v) is 2.49. The molecule has 0 spiro atoms. The van der Waals surface area contributed by atoms with Crippen molar-refractivity contribution in [3.63, 3.8) is 0 Å². The number of carboxylic acids is 1. The smallest absolute Gasteiger partial charge is 0.339 e. The molecule has 2 rings (SSSR count). The van der Waals surface area contributed by atoms with E-state index in [0.29, 0.717) is 5.56 Å². The molecule has 0 radical (unpaired) electrons. The van der Waals surface area contributed by atoms with E-state index in [1.54, 1.807) is 13.0 Å². The van der Waals surface area contributed by atoms with Crippen LogP contribution in [0.2, 0.25) is 0 Å². The van der Waals surface area contributed by atoms with Crippen molar-refractivity contribution in [2.24, 2.45) is 7.05 Å². The number of benzene rings is 1. The van der Waals surface area contributed by atoms with Crippen LogP contribution >= 0.6 is 0 Å². The molecule has 1 amide bonds. The molecule has 1 heterocycles. The summed E-state index contributed by atoms with van der Waals surface area (Å²) in [4.78, 5) is 25.5. The molecule has 128 valence electrons. The maximum absolute atomic E-state index is 13.6. The average molecular weight is 334 g/mol. The van der Waals surface area contributed by atoms with E-state index >= 15 is 0 Å². The van der Waals surface area contributed by atoms with Gasteiger partial charge < -0.3 is 15.3 Å². The number of halogens is 1. The monoisotopic (exact) mass is 334 g/mol. The molecule has 8 heteroatoms. The maximum atomic E-state index is 13.6. The zero-order valence-electron chi connectivity index (χ0n) is 13.9. The first-order chi connectivity index (χ1) is 11.2. The minimum Gasteiger partial charge on any atom is -0.478 e. The molecule has 1 unspecified atom stereocenters. The molecule has 2 N–H and O–H groups in total. The number of aromatic carboxylic acids is 1. The fraction of sp³-hybridized carbons (Fsp3) is 0.312. The molecule has 0 aliphatic carbocycles. The fourth-order valence-electron chi connectivity index (χ4n) is 2.49. The molecule has 2 aromatic rings. The second-order valence-corrected chi connectivity index (χ2v) is 5.63. The van der Waals surface area contributed by atoms with Gasteiger partial charge >= 0.3 is 5.97 Å². The number of nitrogens with one attached hydrogen (secondary N) is 1. The first-order valence-corrected chi connectivity index (χ1v) is 7.25. The van der Waals surface area contributed by atoms with Crippen molar-refractivity contribution in [3.05, 3.63) is 47.0 Å². The Kier molecular flexibility index (Phi) is 4.87. The van der Waals surface area contributed by atoms with Crippen molar-refractivity contribution in [3.8, 4) is 0 Å². The molecule has 0 saturated heterocycles. The van der Waals surface area contributed by atoms with Crippen LogP contribution in [-0.2, 0) is 7.05 Å². The Morgan fingerprint density at radius 3 is 2.62 bits per heavy atom. The number of anilines is 1. The summed E-state index contributed by atoms with van der Waals surface area (Å²) in [6.45, 7) is 1.70. The van der Waals surface area contributed by atoms with Crippen molar-refractivity contribution in [1.82, 2.24) is 15.1 Å². The third-order valence-corrected chi connectivity index (χ3v) is 3.67. The molecular formula is C16H19FN4O3. The van der Waals surface area contributed by atoms with E-state index < -0.39 is 23.7 Å². The lowest BCUT2D eigenvalue weighted by molar-refractivity contribution is 0.0690. The molecule has 1 atom stereocenters. The van der Waals surface area contributed by atoms with Gasteiger partial charge in [-0.15, -0.1) is 0 Å². The van der Waals surface area contributed by atoms with Gasteiger partial charge in [0.2, 0.25) is 0 Å². The van der Waals surface area contributed by atoms with Gasteiger partial charge in [-0.1, -0.05) is 0 Å². The van der Waals surface area contributed by atoms with Crippen molar-refractivity contribution < 1.29 is 19.1 Å². The predicted octanol–water partition coefficient (Wildman–Crippen LogP) is 1.81. The van der Waals surface area contributed by atoms with Crippen LogP contribution in [0.3, 0.4) is 0 Å². The number of aryl methyl sites for hydroxylation is 1. The van der Waals surface area contributed by atoms with Gasteiger partial charge in [-0.25, -0.2) is 9.18 Å². The molecule has 24 heavy (non-hydrogen) atoms. The van der Waals surface area contributed by atoms with Gasteiger partial charge in [0.25, 0.3) is 5.91 Å². The van der Waals surface area contributed by atoms with Crippen molar-refractivity contribution in [1.29, 1.82) is 0 Å². The topological polar surface area (TPSA) is 87.5 Å². The van der Waals surface area contributed by atoms with E-state index in [1.807, 2.05) is 19.0 Å². The molecule has 0 fully saturated rings. The van der Waals surface area contributed by atoms with Gasteiger partial charge in [0.1, 0.15) is 17.1 Å².